The number of nitrogens with zero attached hydrogens (tertiary/aromatic N) is 1. The van der Waals surface area contributed by atoms with Crippen molar-refractivity contribution in [3.63, 3.8) is 0 Å². The molecular weight excluding hydrogens is 615 g/mol. The lowest BCUT2D eigenvalue weighted by Crippen LogP contribution is -2.53. The zero-order chi connectivity index (χ0) is 27.6. The van der Waals surface area contributed by atoms with Crippen LogP contribution < -0.4 is 5.32 Å². The van der Waals surface area contributed by atoms with Crippen molar-refractivity contribution >= 4 is 62.7 Å². The topological polar surface area (TPSA) is 49.4 Å². The quantitative estimate of drug-likeness (QED) is 0.229. The highest BCUT2D eigenvalue weighted by Crippen LogP contribution is 2.26. The van der Waals surface area contributed by atoms with Gasteiger partial charge < -0.3 is 10.2 Å². The first-order valence-electron chi connectivity index (χ1n) is 13.3. The smallest absolute Gasteiger partial charge is 0.243 e. The van der Waals surface area contributed by atoms with Crippen molar-refractivity contribution < 1.29 is 9.59 Å². The van der Waals surface area contributed by atoms with Crippen molar-refractivity contribution in [2.75, 3.05) is 5.75 Å². The van der Waals surface area contributed by atoms with Crippen LogP contribution in [0.25, 0.3) is 0 Å². The molecule has 3 aromatic carbocycles. The van der Waals surface area contributed by atoms with E-state index in [1.54, 1.807) is 11.0 Å². The summed E-state index contributed by atoms with van der Waals surface area (Å²) >= 11 is 17.3. The van der Waals surface area contributed by atoms with Crippen LogP contribution in [0.5, 0.6) is 0 Å². The second-order valence-corrected chi connectivity index (χ2v) is 12.7. The Morgan fingerprint density at radius 3 is 2.36 bits per heavy atom. The molecule has 0 spiro atoms. The molecule has 1 N–H and O–H groups in total. The molecule has 1 fully saturated rings. The lowest BCUT2D eigenvalue weighted by atomic mass is 9.94. The van der Waals surface area contributed by atoms with Crippen LogP contribution in [0.2, 0.25) is 10.0 Å². The van der Waals surface area contributed by atoms with E-state index in [-0.39, 0.29) is 23.6 Å². The molecule has 3 aromatic rings. The van der Waals surface area contributed by atoms with E-state index in [9.17, 15) is 9.59 Å². The molecule has 4 rings (SSSR count). The standard InChI is InChI=1S/C31H33BrCl2N2O2S/c32-25-11-7-10-23(16-25)19-36(30(37)21-39-20-24-14-15-27(33)28(34)17-24)29(18-22-8-3-1-4-9-22)31(38)35-26-12-5-2-6-13-26/h1,3-4,7-11,14-17,26,29H,2,5-6,12-13,18-21H2,(H,35,38)/t29-/m0/s1. The van der Waals surface area contributed by atoms with Gasteiger partial charge in [-0.1, -0.05) is 107 Å². The van der Waals surface area contributed by atoms with Crippen LogP contribution in [0.4, 0.5) is 0 Å². The molecule has 1 aliphatic rings. The van der Waals surface area contributed by atoms with Crippen molar-refractivity contribution in [1.82, 2.24) is 10.2 Å². The zero-order valence-electron chi connectivity index (χ0n) is 21.8. The fourth-order valence-corrected chi connectivity index (χ4v) is 6.52. The lowest BCUT2D eigenvalue weighted by molar-refractivity contribution is -0.139. The van der Waals surface area contributed by atoms with Gasteiger partial charge in [-0.2, -0.15) is 0 Å². The maximum absolute atomic E-state index is 13.8. The Balaban J connectivity index is 1.56. The normalized spacial score (nSPS) is 14.5. The number of halogens is 3. The maximum Gasteiger partial charge on any atom is 0.243 e. The number of hydrogen-bond donors (Lipinski definition) is 1. The van der Waals surface area contributed by atoms with Gasteiger partial charge in [0, 0.05) is 29.2 Å². The first-order valence-corrected chi connectivity index (χ1v) is 16.0. The molecule has 1 aliphatic carbocycles. The highest BCUT2D eigenvalue weighted by Gasteiger charge is 2.31. The molecule has 0 unspecified atom stereocenters. The van der Waals surface area contributed by atoms with Crippen LogP contribution in [-0.2, 0) is 28.3 Å². The molecule has 0 saturated heterocycles. The molecule has 0 aromatic heterocycles. The summed E-state index contributed by atoms with van der Waals surface area (Å²) in [4.78, 5) is 29.4. The van der Waals surface area contributed by atoms with E-state index in [0.29, 0.717) is 28.8 Å². The largest absolute Gasteiger partial charge is 0.352 e. The minimum absolute atomic E-state index is 0.0697. The van der Waals surface area contributed by atoms with E-state index in [1.807, 2.05) is 66.7 Å². The van der Waals surface area contributed by atoms with Gasteiger partial charge in [0.25, 0.3) is 0 Å². The molecule has 206 valence electrons. The summed E-state index contributed by atoms with van der Waals surface area (Å²) < 4.78 is 0.938. The number of hydrogen-bond acceptors (Lipinski definition) is 3. The minimum atomic E-state index is -0.619. The number of benzene rings is 3. The van der Waals surface area contributed by atoms with Crippen LogP contribution >= 0.6 is 50.9 Å². The number of rotatable bonds is 11. The molecule has 0 heterocycles. The van der Waals surface area contributed by atoms with Crippen molar-refractivity contribution in [3.8, 4) is 0 Å². The molecule has 4 nitrogen and oxygen atoms in total. The fraction of sp³-hybridized carbons (Fsp3) is 0.355. The summed E-state index contributed by atoms with van der Waals surface area (Å²) in [7, 11) is 0. The van der Waals surface area contributed by atoms with E-state index >= 15 is 0 Å². The third kappa shape index (κ3) is 9.28. The molecule has 1 atom stereocenters. The van der Waals surface area contributed by atoms with Crippen molar-refractivity contribution in [2.45, 2.75) is 62.9 Å². The number of amides is 2. The summed E-state index contributed by atoms with van der Waals surface area (Å²) in [5, 5.41) is 4.30. The summed E-state index contributed by atoms with van der Waals surface area (Å²) in [5.41, 5.74) is 2.99. The molecule has 0 bridgehead atoms. The van der Waals surface area contributed by atoms with E-state index in [4.69, 9.17) is 23.2 Å². The fourth-order valence-electron chi connectivity index (χ4n) is 4.90. The molecular formula is C31H33BrCl2N2O2S. The van der Waals surface area contributed by atoms with Gasteiger partial charge >= 0.3 is 0 Å². The molecule has 0 radical (unpaired) electrons. The zero-order valence-corrected chi connectivity index (χ0v) is 25.7. The van der Waals surface area contributed by atoms with Crippen LogP contribution in [0.1, 0.15) is 48.8 Å². The van der Waals surface area contributed by atoms with Crippen LogP contribution in [-0.4, -0.2) is 34.6 Å². The predicted molar refractivity (Wildman–Crippen MR) is 166 cm³/mol. The molecule has 8 heteroatoms. The summed E-state index contributed by atoms with van der Waals surface area (Å²) in [6.07, 6.45) is 5.90. The Labute approximate surface area is 254 Å². The van der Waals surface area contributed by atoms with E-state index in [1.165, 1.54) is 18.2 Å². The maximum atomic E-state index is 13.8. The average molecular weight is 648 g/mol. The highest BCUT2D eigenvalue weighted by atomic mass is 79.9. The number of carbonyl (C=O) groups excluding carboxylic acids is 2. The van der Waals surface area contributed by atoms with E-state index in [2.05, 4.69) is 21.2 Å². The first kappa shape index (κ1) is 30.0. The van der Waals surface area contributed by atoms with Crippen LogP contribution in [0.3, 0.4) is 0 Å². The number of carbonyl (C=O) groups is 2. The van der Waals surface area contributed by atoms with Crippen molar-refractivity contribution in [3.05, 3.63) is 104 Å². The number of thioether (sulfide) groups is 1. The summed E-state index contributed by atoms with van der Waals surface area (Å²) in [6, 6.07) is 22.9. The van der Waals surface area contributed by atoms with Crippen molar-refractivity contribution in [1.29, 1.82) is 0 Å². The second kappa shape index (κ2) is 15.1. The van der Waals surface area contributed by atoms with Gasteiger partial charge in [0.15, 0.2) is 0 Å². The molecule has 39 heavy (non-hydrogen) atoms. The highest BCUT2D eigenvalue weighted by molar-refractivity contribution is 9.10. The van der Waals surface area contributed by atoms with Crippen molar-refractivity contribution in [2.24, 2.45) is 0 Å². The van der Waals surface area contributed by atoms with Gasteiger partial charge in [-0.15, -0.1) is 11.8 Å². The van der Waals surface area contributed by atoms with Gasteiger partial charge in [-0.3, -0.25) is 9.59 Å². The summed E-state index contributed by atoms with van der Waals surface area (Å²) in [5.74, 6) is 0.713. The Bertz CT molecular complexity index is 1250. The van der Waals surface area contributed by atoms with Gasteiger partial charge in [-0.05, 0) is 53.8 Å². The monoisotopic (exact) mass is 646 g/mol. The van der Waals surface area contributed by atoms with Gasteiger partial charge in [-0.25, -0.2) is 0 Å². The summed E-state index contributed by atoms with van der Waals surface area (Å²) in [6.45, 7) is 0.348. The Morgan fingerprint density at radius 1 is 0.897 bits per heavy atom. The third-order valence-corrected chi connectivity index (χ3v) is 9.16. The van der Waals surface area contributed by atoms with Gasteiger partial charge in [0.05, 0.1) is 15.8 Å². The lowest BCUT2D eigenvalue weighted by Gasteiger charge is -2.33. The SMILES string of the molecule is O=C(NC1CCCCC1)[C@H](Cc1ccccc1)N(Cc1cccc(Br)c1)C(=O)CSCc1ccc(Cl)c(Cl)c1. The predicted octanol–water partition coefficient (Wildman–Crippen LogP) is 8.08. The Morgan fingerprint density at radius 2 is 1.64 bits per heavy atom. The van der Waals surface area contributed by atoms with E-state index < -0.39 is 6.04 Å². The van der Waals surface area contributed by atoms with Crippen LogP contribution in [0, 0.1) is 0 Å². The van der Waals surface area contributed by atoms with Crippen LogP contribution in [0.15, 0.2) is 77.3 Å². The third-order valence-electron chi connectivity index (χ3n) is 6.94. The second-order valence-electron chi connectivity index (χ2n) is 9.94. The molecule has 1 saturated carbocycles. The van der Waals surface area contributed by atoms with E-state index in [0.717, 1.165) is 46.8 Å². The van der Waals surface area contributed by atoms with Gasteiger partial charge in [0.2, 0.25) is 11.8 Å². The average Bonchev–Trinajstić information content (AvgIpc) is 2.93. The Hall–Kier alpha value is -1.99. The molecule has 2 amide bonds. The first-order chi connectivity index (χ1) is 18.9. The Kier molecular flexibility index (Phi) is 11.6. The minimum Gasteiger partial charge on any atom is -0.352 e. The van der Waals surface area contributed by atoms with Gasteiger partial charge in [0.1, 0.15) is 6.04 Å². The molecule has 0 aliphatic heterocycles. The number of nitrogens with one attached hydrogen (secondary N) is 1.